The van der Waals surface area contributed by atoms with Gasteiger partial charge in [0.05, 0.1) is 0 Å². The van der Waals surface area contributed by atoms with Crippen LogP contribution in [-0.4, -0.2) is 5.78 Å². The molecule has 0 N–H and O–H groups in total. The first-order chi connectivity index (χ1) is 4.70. The van der Waals surface area contributed by atoms with Crippen LogP contribution in [0.25, 0.3) is 0 Å². The fraction of sp³-hybridized carbons (Fsp3) is 0.667. The van der Waals surface area contributed by atoms with Gasteiger partial charge in [0.2, 0.25) is 0 Å². The normalized spacial score (nSPS) is 16.9. The lowest BCUT2D eigenvalue weighted by atomic mass is 10.1. The number of carbonyl (C=O) groups is 1. The maximum Gasteiger partial charge on any atom is 0.136 e. The maximum atomic E-state index is 11.1. The van der Waals surface area contributed by atoms with Crippen LogP contribution in [0.4, 0.5) is 0 Å². The highest BCUT2D eigenvalue weighted by atomic mass is 16.1. The second-order valence-electron chi connectivity index (χ2n) is 3.20. The van der Waals surface area contributed by atoms with Crippen LogP contribution in [0, 0.1) is 5.92 Å². The second-order valence-corrected chi connectivity index (χ2v) is 3.20. The van der Waals surface area contributed by atoms with Crippen molar-refractivity contribution in [1.29, 1.82) is 0 Å². The average molecular weight is 138 g/mol. The maximum absolute atomic E-state index is 11.1. The van der Waals surface area contributed by atoms with Crippen molar-refractivity contribution in [3.05, 3.63) is 12.2 Å². The molecule has 0 aromatic heterocycles. The predicted octanol–water partition coefficient (Wildman–Crippen LogP) is 2.32. The number of ketones is 1. The minimum absolute atomic E-state index is 0.430. The Hall–Kier alpha value is -0.590. The Kier molecular flexibility index (Phi) is 2.25. The Morgan fingerprint density at radius 1 is 1.50 bits per heavy atom. The van der Waals surface area contributed by atoms with E-state index in [9.17, 15) is 4.79 Å². The lowest BCUT2D eigenvalue weighted by Gasteiger charge is -1.96. The van der Waals surface area contributed by atoms with Gasteiger partial charge in [0.1, 0.15) is 5.78 Å². The molecule has 1 rings (SSSR count). The van der Waals surface area contributed by atoms with E-state index in [-0.39, 0.29) is 0 Å². The van der Waals surface area contributed by atoms with E-state index in [0.717, 1.165) is 31.3 Å². The molecule has 0 spiro atoms. The van der Waals surface area contributed by atoms with E-state index in [2.05, 4.69) is 6.58 Å². The molecule has 1 aliphatic rings. The van der Waals surface area contributed by atoms with Crippen molar-refractivity contribution in [3.8, 4) is 0 Å². The van der Waals surface area contributed by atoms with Gasteiger partial charge < -0.3 is 0 Å². The molecular formula is C9H14O. The Morgan fingerprint density at radius 3 is 2.50 bits per heavy atom. The highest BCUT2D eigenvalue weighted by Crippen LogP contribution is 2.31. The topological polar surface area (TPSA) is 17.1 Å². The summed E-state index contributed by atoms with van der Waals surface area (Å²) in [5, 5.41) is 0. The Labute approximate surface area is 62.1 Å². The summed E-state index contributed by atoms with van der Waals surface area (Å²) in [7, 11) is 0. The van der Waals surface area contributed by atoms with Crippen molar-refractivity contribution in [2.45, 2.75) is 32.6 Å². The van der Waals surface area contributed by atoms with Gasteiger partial charge in [0, 0.05) is 12.3 Å². The molecular weight excluding hydrogens is 124 g/mol. The number of rotatable bonds is 4. The molecule has 0 amide bonds. The van der Waals surface area contributed by atoms with Gasteiger partial charge in [0.25, 0.3) is 0 Å². The number of Topliss-reactive ketones (excluding diaryl/α,β-unsaturated/α-hetero) is 1. The minimum Gasteiger partial charge on any atom is -0.299 e. The fourth-order valence-electron chi connectivity index (χ4n) is 0.946. The van der Waals surface area contributed by atoms with Gasteiger partial charge in [0.15, 0.2) is 0 Å². The summed E-state index contributed by atoms with van der Waals surface area (Å²) in [6.07, 6.45) is 3.87. The minimum atomic E-state index is 0.430. The zero-order valence-corrected chi connectivity index (χ0v) is 6.52. The van der Waals surface area contributed by atoms with Crippen LogP contribution >= 0.6 is 0 Å². The molecule has 0 saturated heterocycles. The van der Waals surface area contributed by atoms with Crippen molar-refractivity contribution in [3.63, 3.8) is 0 Å². The first-order valence-corrected chi connectivity index (χ1v) is 3.87. The number of carbonyl (C=O) groups excluding carboxylic acids is 1. The van der Waals surface area contributed by atoms with E-state index in [1.54, 1.807) is 0 Å². The van der Waals surface area contributed by atoms with Crippen LogP contribution in [-0.2, 0) is 4.79 Å². The lowest BCUT2D eigenvalue weighted by molar-refractivity contribution is -0.120. The van der Waals surface area contributed by atoms with Gasteiger partial charge in [-0.1, -0.05) is 5.57 Å². The molecule has 1 heteroatoms. The third-order valence-electron chi connectivity index (χ3n) is 1.83. The Balaban J connectivity index is 2.12. The summed E-state index contributed by atoms with van der Waals surface area (Å²) in [6.45, 7) is 5.73. The monoisotopic (exact) mass is 138 g/mol. The van der Waals surface area contributed by atoms with Crippen molar-refractivity contribution in [2.75, 3.05) is 0 Å². The molecule has 56 valence electrons. The van der Waals surface area contributed by atoms with Gasteiger partial charge in [-0.15, -0.1) is 6.58 Å². The first-order valence-electron chi connectivity index (χ1n) is 3.87. The van der Waals surface area contributed by atoms with Gasteiger partial charge in [-0.2, -0.15) is 0 Å². The molecule has 0 unspecified atom stereocenters. The summed E-state index contributed by atoms with van der Waals surface area (Å²) in [5.41, 5.74) is 1.12. The molecule has 10 heavy (non-hydrogen) atoms. The van der Waals surface area contributed by atoms with Crippen LogP contribution in [0.5, 0.6) is 0 Å². The van der Waals surface area contributed by atoms with Crippen LogP contribution < -0.4 is 0 Å². The van der Waals surface area contributed by atoms with E-state index in [1.165, 1.54) is 0 Å². The predicted molar refractivity (Wildman–Crippen MR) is 41.8 cm³/mol. The zero-order valence-electron chi connectivity index (χ0n) is 6.52. The number of hydrogen-bond donors (Lipinski definition) is 0. The lowest BCUT2D eigenvalue weighted by Crippen LogP contribution is -1.99. The highest BCUT2D eigenvalue weighted by molar-refractivity contribution is 5.83. The summed E-state index contributed by atoms with van der Waals surface area (Å²) < 4.78 is 0. The number of allylic oxidation sites excluding steroid dienone is 1. The van der Waals surface area contributed by atoms with Crippen LogP contribution in [0.1, 0.15) is 32.6 Å². The smallest absolute Gasteiger partial charge is 0.136 e. The zero-order chi connectivity index (χ0) is 7.56. The molecule has 1 saturated carbocycles. The summed E-state index contributed by atoms with van der Waals surface area (Å²) in [4.78, 5) is 11.1. The Morgan fingerprint density at radius 2 is 2.10 bits per heavy atom. The van der Waals surface area contributed by atoms with E-state index in [0.29, 0.717) is 11.7 Å². The highest BCUT2D eigenvalue weighted by Gasteiger charge is 2.28. The molecule has 0 aliphatic heterocycles. The van der Waals surface area contributed by atoms with E-state index in [1.807, 2.05) is 6.92 Å². The largest absolute Gasteiger partial charge is 0.299 e. The van der Waals surface area contributed by atoms with Crippen LogP contribution in [0.15, 0.2) is 12.2 Å². The summed E-state index contributed by atoms with van der Waals surface area (Å²) in [6, 6.07) is 0. The van der Waals surface area contributed by atoms with Gasteiger partial charge in [-0.25, -0.2) is 0 Å². The molecule has 1 fully saturated rings. The molecule has 0 atom stereocenters. The fourth-order valence-corrected chi connectivity index (χ4v) is 0.946. The third-order valence-corrected chi connectivity index (χ3v) is 1.83. The van der Waals surface area contributed by atoms with Crippen molar-refractivity contribution in [1.82, 2.24) is 0 Å². The first kappa shape index (κ1) is 7.52. The molecule has 0 heterocycles. The van der Waals surface area contributed by atoms with E-state index >= 15 is 0 Å². The Bertz CT molecular complexity index is 154. The molecule has 0 radical (unpaired) electrons. The standard InChI is InChI=1S/C9H14O/c1-7(2)3-6-9(10)8-4-5-8/h8H,1,3-6H2,2H3. The molecule has 0 aromatic rings. The van der Waals surface area contributed by atoms with Crippen molar-refractivity contribution < 1.29 is 4.79 Å². The quantitative estimate of drug-likeness (QED) is 0.545. The molecule has 1 nitrogen and oxygen atoms in total. The molecule has 0 bridgehead atoms. The molecule has 1 aliphatic carbocycles. The van der Waals surface area contributed by atoms with Gasteiger partial charge >= 0.3 is 0 Å². The van der Waals surface area contributed by atoms with Gasteiger partial charge in [-0.05, 0) is 26.2 Å². The average Bonchev–Trinajstić information content (AvgIpc) is 2.63. The SMILES string of the molecule is C=C(C)CCC(=O)C1CC1. The van der Waals surface area contributed by atoms with Crippen molar-refractivity contribution in [2.24, 2.45) is 5.92 Å². The molecule has 0 aromatic carbocycles. The summed E-state index contributed by atoms with van der Waals surface area (Å²) >= 11 is 0. The third kappa shape index (κ3) is 2.34. The van der Waals surface area contributed by atoms with Crippen molar-refractivity contribution >= 4 is 5.78 Å². The van der Waals surface area contributed by atoms with Gasteiger partial charge in [-0.3, -0.25) is 4.79 Å². The van der Waals surface area contributed by atoms with Crippen LogP contribution in [0.2, 0.25) is 0 Å². The van der Waals surface area contributed by atoms with E-state index in [4.69, 9.17) is 0 Å². The second kappa shape index (κ2) is 3.00. The number of hydrogen-bond acceptors (Lipinski definition) is 1. The van der Waals surface area contributed by atoms with Crippen LogP contribution in [0.3, 0.4) is 0 Å². The summed E-state index contributed by atoms with van der Waals surface area (Å²) in [5.74, 6) is 0.877. The van der Waals surface area contributed by atoms with E-state index < -0.39 is 0 Å².